The zero-order chi connectivity index (χ0) is 14.8. The van der Waals surface area contributed by atoms with Crippen LogP contribution < -0.4 is 0 Å². The van der Waals surface area contributed by atoms with Crippen molar-refractivity contribution >= 4 is 15.8 Å². The van der Waals surface area contributed by atoms with Gasteiger partial charge in [0.15, 0.2) is 0 Å². The van der Waals surface area contributed by atoms with E-state index in [2.05, 4.69) is 4.98 Å². The largest absolute Gasteiger partial charge is 0.481 e. The zero-order valence-corrected chi connectivity index (χ0v) is 12.1. The van der Waals surface area contributed by atoms with Crippen molar-refractivity contribution in [2.75, 3.05) is 31.6 Å². The maximum Gasteiger partial charge on any atom is 0.308 e. The number of hydrogen-bond donors (Lipinski definition) is 1. The minimum absolute atomic E-state index is 0.0547. The molecule has 7 heteroatoms. The lowest BCUT2D eigenvalue weighted by atomic mass is 9.90. The standard InChI is InChI=1S/C13H18N2O4S/c1-20(18,19)6-5-15-8-11(12(9-15)13(16)17)10-3-2-4-14-7-10/h2-4,7,11-12H,5-6,8-9H2,1H3,(H,16,17)/t11-,12+/m0/s1. The molecule has 2 atom stereocenters. The molecule has 20 heavy (non-hydrogen) atoms. The summed E-state index contributed by atoms with van der Waals surface area (Å²) in [5.41, 5.74) is 0.891. The van der Waals surface area contributed by atoms with Crippen molar-refractivity contribution in [2.24, 2.45) is 5.92 Å². The molecule has 0 radical (unpaired) electrons. The van der Waals surface area contributed by atoms with Gasteiger partial charge in [0.1, 0.15) is 9.84 Å². The van der Waals surface area contributed by atoms with Gasteiger partial charge in [-0.3, -0.25) is 9.78 Å². The highest BCUT2D eigenvalue weighted by Gasteiger charge is 2.38. The van der Waals surface area contributed by atoms with Gasteiger partial charge in [-0.2, -0.15) is 0 Å². The van der Waals surface area contributed by atoms with E-state index in [-0.39, 0.29) is 11.7 Å². The van der Waals surface area contributed by atoms with E-state index in [1.165, 1.54) is 6.26 Å². The van der Waals surface area contributed by atoms with Crippen molar-refractivity contribution < 1.29 is 18.3 Å². The molecule has 1 N–H and O–H groups in total. The van der Waals surface area contributed by atoms with Gasteiger partial charge < -0.3 is 10.0 Å². The Morgan fingerprint density at radius 3 is 2.80 bits per heavy atom. The molecule has 1 saturated heterocycles. The molecule has 1 aromatic rings. The van der Waals surface area contributed by atoms with Crippen LogP contribution in [-0.2, 0) is 14.6 Å². The van der Waals surface area contributed by atoms with Crippen LogP contribution in [0.3, 0.4) is 0 Å². The Morgan fingerprint density at radius 1 is 1.50 bits per heavy atom. The molecule has 2 rings (SSSR count). The first-order chi connectivity index (χ1) is 9.37. The lowest BCUT2D eigenvalue weighted by molar-refractivity contribution is -0.141. The molecule has 1 aromatic heterocycles. The molecule has 1 fully saturated rings. The van der Waals surface area contributed by atoms with Crippen molar-refractivity contribution in [2.45, 2.75) is 5.92 Å². The first-order valence-electron chi connectivity index (χ1n) is 6.39. The van der Waals surface area contributed by atoms with Crippen molar-refractivity contribution in [1.82, 2.24) is 9.88 Å². The van der Waals surface area contributed by atoms with Crippen LogP contribution in [-0.4, -0.2) is 61.0 Å². The second-order valence-corrected chi connectivity index (χ2v) is 7.49. The van der Waals surface area contributed by atoms with Crippen LogP contribution in [0.2, 0.25) is 0 Å². The Hall–Kier alpha value is -1.47. The average molecular weight is 298 g/mol. The maximum atomic E-state index is 11.4. The highest BCUT2D eigenvalue weighted by Crippen LogP contribution is 2.32. The molecular formula is C13H18N2O4S. The van der Waals surface area contributed by atoms with Gasteiger partial charge in [0.05, 0.1) is 11.7 Å². The van der Waals surface area contributed by atoms with Gasteiger partial charge in [0, 0.05) is 44.2 Å². The average Bonchev–Trinajstić information content (AvgIpc) is 2.81. The van der Waals surface area contributed by atoms with E-state index in [4.69, 9.17) is 0 Å². The molecule has 110 valence electrons. The van der Waals surface area contributed by atoms with Crippen LogP contribution in [0.15, 0.2) is 24.5 Å². The lowest BCUT2D eigenvalue weighted by Gasteiger charge is -2.15. The number of aliphatic carboxylic acids is 1. The summed E-state index contributed by atoms with van der Waals surface area (Å²) in [5, 5.41) is 9.33. The summed E-state index contributed by atoms with van der Waals surface area (Å²) < 4.78 is 22.4. The predicted octanol–water partition coefficient (Wildman–Crippen LogP) is 0.226. The molecule has 0 amide bonds. The number of aromatic nitrogens is 1. The molecule has 0 bridgehead atoms. The monoisotopic (exact) mass is 298 g/mol. The van der Waals surface area contributed by atoms with E-state index < -0.39 is 21.7 Å². The maximum absolute atomic E-state index is 11.4. The van der Waals surface area contributed by atoms with Gasteiger partial charge in [-0.1, -0.05) is 6.07 Å². The normalized spacial score (nSPS) is 23.9. The highest BCUT2D eigenvalue weighted by atomic mass is 32.2. The van der Waals surface area contributed by atoms with E-state index in [1.54, 1.807) is 18.5 Å². The Kier molecular flexibility index (Phi) is 4.39. The summed E-state index contributed by atoms with van der Waals surface area (Å²) in [4.78, 5) is 17.3. The second kappa shape index (κ2) is 5.88. The van der Waals surface area contributed by atoms with Crippen molar-refractivity contribution in [3.63, 3.8) is 0 Å². The number of sulfone groups is 1. The molecule has 0 spiro atoms. The third kappa shape index (κ3) is 3.77. The lowest BCUT2D eigenvalue weighted by Crippen LogP contribution is -2.28. The van der Waals surface area contributed by atoms with Gasteiger partial charge in [-0.25, -0.2) is 8.42 Å². The minimum Gasteiger partial charge on any atom is -0.481 e. The van der Waals surface area contributed by atoms with E-state index >= 15 is 0 Å². The molecule has 6 nitrogen and oxygen atoms in total. The summed E-state index contributed by atoms with van der Waals surface area (Å²) in [6, 6.07) is 3.65. The SMILES string of the molecule is CS(=O)(=O)CCN1C[C@@H](C(=O)O)[C@H](c2cccnc2)C1. The van der Waals surface area contributed by atoms with Crippen LogP contribution in [0.1, 0.15) is 11.5 Å². The third-order valence-electron chi connectivity index (χ3n) is 3.60. The smallest absolute Gasteiger partial charge is 0.308 e. The quantitative estimate of drug-likeness (QED) is 0.837. The number of hydrogen-bond acceptors (Lipinski definition) is 5. The number of rotatable bonds is 5. The molecule has 0 aromatic carbocycles. The number of carboxylic acid groups (broad SMARTS) is 1. The van der Waals surface area contributed by atoms with Crippen LogP contribution in [0.5, 0.6) is 0 Å². The summed E-state index contributed by atoms with van der Waals surface area (Å²) in [6.45, 7) is 1.31. The molecular weight excluding hydrogens is 280 g/mol. The number of carbonyl (C=O) groups is 1. The molecule has 1 aliphatic heterocycles. The van der Waals surface area contributed by atoms with E-state index in [0.29, 0.717) is 19.6 Å². The molecule has 0 aliphatic carbocycles. The summed E-state index contributed by atoms with van der Waals surface area (Å²) in [6.07, 6.45) is 4.52. The van der Waals surface area contributed by atoms with Gasteiger partial charge in [-0.15, -0.1) is 0 Å². The third-order valence-corrected chi connectivity index (χ3v) is 4.53. The first-order valence-corrected chi connectivity index (χ1v) is 8.45. The zero-order valence-electron chi connectivity index (χ0n) is 11.3. The second-order valence-electron chi connectivity index (χ2n) is 5.23. The Balaban J connectivity index is 2.10. The van der Waals surface area contributed by atoms with E-state index in [1.807, 2.05) is 11.0 Å². The Bertz CT molecular complexity index is 573. The number of carboxylic acids is 1. The predicted molar refractivity (Wildman–Crippen MR) is 74.3 cm³/mol. The molecule has 0 saturated carbocycles. The van der Waals surface area contributed by atoms with Crippen LogP contribution in [0.25, 0.3) is 0 Å². The summed E-state index contributed by atoms with van der Waals surface area (Å²) in [5.74, 6) is -1.45. The van der Waals surface area contributed by atoms with Crippen molar-refractivity contribution in [1.29, 1.82) is 0 Å². The molecule has 0 unspecified atom stereocenters. The number of pyridine rings is 1. The number of likely N-dealkylation sites (tertiary alicyclic amines) is 1. The van der Waals surface area contributed by atoms with Crippen LogP contribution >= 0.6 is 0 Å². The van der Waals surface area contributed by atoms with E-state index in [9.17, 15) is 18.3 Å². The number of nitrogens with zero attached hydrogens (tertiary/aromatic N) is 2. The fourth-order valence-corrected chi connectivity index (χ4v) is 3.14. The van der Waals surface area contributed by atoms with Gasteiger partial charge in [-0.05, 0) is 11.6 Å². The fourth-order valence-electron chi connectivity index (χ4n) is 2.55. The van der Waals surface area contributed by atoms with Gasteiger partial charge >= 0.3 is 5.97 Å². The molecule has 2 heterocycles. The summed E-state index contributed by atoms with van der Waals surface area (Å²) in [7, 11) is -3.03. The van der Waals surface area contributed by atoms with Crippen LogP contribution in [0.4, 0.5) is 0 Å². The minimum atomic E-state index is -3.03. The van der Waals surface area contributed by atoms with Crippen molar-refractivity contribution in [3.8, 4) is 0 Å². The van der Waals surface area contributed by atoms with Gasteiger partial charge in [0.25, 0.3) is 0 Å². The molecule has 1 aliphatic rings. The highest BCUT2D eigenvalue weighted by molar-refractivity contribution is 7.90. The Labute approximate surface area is 118 Å². The van der Waals surface area contributed by atoms with Gasteiger partial charge in [0.2, 0.25) is 0 Å². The first kappa shape index (κ1) is 14.9. The topological polar surface area (TPSA) is 87.6 Å². The Morgan fingerprint density at radius 2 is 2.25 bits per heavy atom. The van der Waals surface area contributed by atoms with E-state index in [0.717, 1.165) is 5.56 Å². The van der Waals surface area contributed by atoms with Crippen LogP contribution in [0, 0.1) is 5.92 Å². The summed E-state index contributed by atoms with van der Waals surface area (Å²) >= 11 is 0. The van der Waals surface area contributed by atoms with Crippen molar-refractivity contribution in [3.05, 3.63) is 30.1 Å². The fraction of sp³-hybridized carbons (Fsp3) is 0.538.